The van der Waals surface area contributed by atoms with E-state index < -0.39 is 36.5 Å². The Morgan fingerprint density at radius 1 is 0.735 bits per heavy atom. The monoisotopic (exact) mass is 478 g/mol. The molecule has 2 unspecified atom stereocenters. The van der Waals surface area contributed by atoms with E-state index in [-0.39, 0.29) is 48.7 Å². The molecule has 0 radical (unpaired) electrons. The number of rotatable bonds is 14. The van der Waals surface area contributed by atoms with E-state index in [4.69, 9.17) is 28.4 Å². The number of carbonyl (C=O) groups is 4. The summed E-state index contributed by atoms with van der Waals surface area (Å²) in [7, 11) is 0. The lowest BCUT2D eigenvalue weighted by molar-refractivity contribution is -0.146. The lowest BCUT2D eigenvalue weighted by atomic mass is 10.1. The van der Waals surface area contributed by atoms with E-state index in [0.29, 0.717) is 0 Å². The van der Waals surface area contributed by atoms with Gasteiger partial charge in [-0.2, -0.15) is 0 Å². The van der Waals surface area contributed by atoms with E-state index in [2.05, 4.69) is 13.2 Å². The van der Waals surface area contributed by atoms with Gasteiger partial charge in [-0.25, -0.2) is 19.2 Å². The van der Waals surface area contributed by atoms with Crippen LogP contribution in [-0.2, 0) is 38.0 Å². The molecular formula is C24H30O10. The molecule has 0 amide bonds. The molecule has 34 heavy (non-hydrogen) atoms. The van der Waals surface area contributed by atoms with Crippen molar-refractivity contribution in [1.82, 2.24) is 0 Å². The van der Waals surface area contributed by atoms with Gasteiger partial charge in [0.05, 0.1) is 24.3 Å². The molecule has 0 heterocycles. The van der Waals surface area contributed by atoms with Crippen LogP contribution >= 0.6 is 0 Å². The zero-order valence-corrected chi connectivity index (χ0v) is 19.8. The lowest BCUT2D eigenvalue weighted by Gasteiger charge is -2.15. The minimum absolute atomic E-state index is 0.0180. The summed E-state index contributed by atoms with van der Waals surface area (Å²) in [4.78, 5) is 47.2. The van der Waals surface area contributed by atoms with Gasteiger partial charge in [-0.3, -0.25) is 0 Å². The standard InChI is InChI=1S/C24H30O10/c1-15(2)21(25)31-12-10-29-17(5)33-23(27)19-8-7-9-20(14-19)24(28)34-18(6)30-11-13-32-22(26)16(3)4/h7-9,14,17-18H,1,3,10-13H2,2,4-6H3. The Kier molecular flexibility index (Phi) is 12.3. The maximum atomic E-state index is 12.3. The fourth-order valence-electron chi connectivity index (χ4n) is 2.22. The first-order valence-electron chi connectivity index (χ1n) is 10.4. The van der Waals surface area contributed by atoms with Gasteiger partial charge in [0.15, 0.2) is 0 Å². The first-order valence-corrected chi connectivity index (χ1v) is 10.4. The number of carbonyl (C=O) groups excluding carboxylic acids is 4. The summed E-state index contributed by atoms with van der Waals surface area (Å²) in [5, 5.41) is 0. The number of ether oxygens (including phenoxy) is 6. The van der Waals surface area contributed by atoms with Gasteiger partial charge >= 0.3 is 23.9 Å². The van der Waals surface area contributed by atoms with E-state index in [1.54, 1.807) is 0 Å². The molecule has 10 heteroatoms. The predicted molar refractivity (Wildman–Crippen MR) is 120 cm³/mol. The van der Waals surface area contributed by atoms with Gasteiger partial charge in [-0.05, 0) is 45.9 Å². The van der Waals surface area contributed by atoms with Crippen LogP contribution in [0.3, 0.4) is 0 Å². The zero-order chi connectivity index (χ0) is 25.7. The average Bonchev–Trinajstić information content (AvgIpc) is 2.79. The fraction of sp³-hybridized carbons (Fsp3) is 0.417. The van der Waals surface area contributed by atoms with Crippen LogP contribution in [0.5, 0.6) is 0 Å². The number of hydrogen-bond donors (Lipinski definition) is 0. The molecule has 0 aliphatic carbocycles. The van der Waals surface area contributed by atoms with Crippen LogP contribution in [-0.4, -0.2) is 62.9 Å². The van der Waals surface area contributed by atoms with Gasteiger partial charge in [-0.1, -0.05) is 19.2 Å². The molecule has 10 nitrogen and oxygen atoms in total. The van der Waals surface area contributed by atoms with Gasteiger partial charge in [0.2, 0.25) is 12.6 Å². The molecule has 1 rings (SSSR count). The maximum Gasteiger partial charge on any atom is 0.340 e. The highest BCUT2D eigenvalue weighted by Crippen LogP contribution is 2.11. The molecule has 1 aromatic rings. The van der Waals surface area contributed by atoms with Crippen LogP contribution in [0.4, 0.5) is 0 Å². The first kappa shape index (κ1) is 28.5. The zero-order valence-electron chi connectivity index (χ0n) is 19.8. The Morgan fingerprint density at radius 3 is 1.47 bits per heavy atom. The highest BCUT2D eigenvalue weighted by molar-refractivity contribution is 5.95. The second-order valence-electron chi connectivity index (χ2n) is 7.10. The maximum absolute atomic E-state index is 12.3. The van der Waals surface area contributed by atoms with Crippen molar-refractivity contribution >= 4 is 23.9 Å². The summed E-state index contributed by atoms with van der Waals surface area (Å²) in [5.41, 5.74) is 0.753. The van der Waals surface area contributed by atoms with Crippen molar-refractivity contribution in [1.29, 1.82) is 0 Å². The van der Waals surface area contributed by atoms with Gasteiger partial charge in [0, 0.05) is 11.1 Å². The Labute approximate surface area is 198 Å². The fourth-order valence-corrected chi connectivity index (χ4v) is 2.22. The van der Waals surface area contributed by atoms with Crippen LogP contribution in [0.15, 0.2) is 48.6 Å². The van der Waals surface area contributed by atoms with Crippen molar-refractivity contribution < 1.29 is 47.6 Å². The molecule has 0 bridgehead atoms. The highest BCUT2D eigenvalue weighted by atomic mass is 16.7. The molecule has 0 aliphatic rings. The van der Waals surface area contributed by atoms with E-state index in [1.807, 2.05) is 0 Å². The van der Waals surface area contributed by atoms with Crippen molar-refractivity contribution in [3.8, 4) is 0 Å². The van der Waals surface area contributed by atoms with Gasteiger partial charge < -0.3 is 28.4 Å². The van der Waals surface area contributed by atoms with Crippen molar-refractivity contribution in [3.05, 3.63) is 59.7 Å². The van der Waals surface area contributed by atoms with Crippen molar-refractivity contribution in [2.45, 2.75) is 40.3 Å². The second kappa shape index (κ2) is 14.6. The molecule has 0 aliphatic heterocycles. The number of hydrogen-bond acceptors (Lipinski definition) is 10. The predicted octanol–water partition coefficient (Wildman–Crippen LogP) is 2.96. The Bertz CT molecular complexity index is 836. The van der Waals surface area contributed by atoms with Crippen molar-refractivity contribution in [2.75, 3.05) is 26.4 Å². The topological polar surface area (TPSA) is 124 Å². The van der Waals surface area contributed by atoms with Crippen LogP contribution in [0, 0.1) is 0 Å². The van der Waals surface area contributed by atoms with Gasteiger partial charge in [0.25, 0.3) is 0 Å². The van der Waals surface area contributed by atoms with E-state index >= 15 is 0 Å². The van der Waals surface area contributed by atoms with E-state index in [1.165, 1.54) is 52.0 Å². The summed E-state index contributed by atoms with van der Waals surface area (Å²) >= 11 is 0. The highest BCUT2D eigenvalue weighted by Gasteiger charge is 2.17. The smallest absolute Gasteiger partial charge is 0.340 e. The summed E-state index contributed by atoms with van der Waals surface area (Å²) < 4.78 is 30.6. The summed E-state index contributed by atoms with van der Waals surface area (Å²) in [6, 6.07) is 5.75. The molecule has 0 fully saturated rings. The molecule has 0 saturated carbocycles. The number of esters is 4. The van der Waals surface area contributed by atoms with Crippen molar-refractivity contribution in [3.63, 3.8) is 0 Å². The van der Waals surface area contributed by atoms with E-state index in [9.17, 15) is 19.2 Å². The quantitative estimate of drug-likeness (QED) is 0.130. The minimum atomic E-state index is -0.918. The molecule has 0 N–H and O–H groups in total. The summed E-state index contributed by atoms with van der Waals surface area (Å²) in [6.07, 6.45) is -1.84. The Morgan fingerprint density at radius 2 is 1.12 bits per heavy atom. The molecular weight excluding hydrogens is 448 g/mol. The van der Waals surface area contributed by atoms with Crippen LogP contribution in [0.25, 0.3) is 0 Å². The first-order chi connectivity index (χ1) is 16.0. The largest absolute Gasteiger partial charge is 0.460 e. The lowest BCUT2D eigenvalue weighted by Crippen LogP contribution is -2.22. The molecule has 0 spiro atoms. The summed E-state index contributed by atoms with van der Waals surface area (Å²) in [6.45, 7) is 13.0. The van der Waals surface area contributed by atoms with Crippen molar-refractivity contribution in [2.24, 2.45) is 0 Å². The van der Waals surface area contributed by atoms with Crippen LogP contribution < -0.4 is 0 Å². The minimum Gasteiger partial charge on any atom is -0.460 e. The number of benzene rings is 1. The third-order valence-electron chi connectivity index (χ3n) is 3.92. The van der Waals surface area contributed by atoms with Crippen LogP contribution in [0.1, 0.15) is 48.4 Å². The molecule has 0 saturated heterocycles. The van der Waals surface area contributed by atoms with Gasteiger partial charge in [-0.15, -0.1) is 0 Å². The Balaban J connectivity index is 2.47. The average molecular weight is 478 g/mol. The normalized spacial score (nSPS) is 12.1. The third-order valence-corrected chi connectivity index (χ3v) is 3.92. The Hall–Kier alpha value is -3.50. The molecule has 186 valence electrons. The molecule has 2 atom stereocenters. The van der Waals surface area contributed by atoms with Gasteiger partial charge in [0.1, 0.15) is 13.2 Å². The SMILES string of the molecule is C=C(C)C(=O)OCCOC(C)OC(=O)c1cccc(C(=O)OC(C)OCCOC(=O)C(=C)C)c1. The second-order valence-corrected chi connectivity index (χ2v) is 7.10. The van der Waals surface area contributed by atoms with E-state index in [0.717, 1.165) is 0 Å². The third kappa shape index (κ3) is 10.9. The molecule has 1 aromatic carbocycles. The van der Waals surface area contributed by atoms with Crippen LogP contribution in [0.2, 0.25) is 0 Å². The summed E-state index contributed by atoms with van der Waals surface area (Å²) in [5.74, 6) is -2.51. The molecule has 0 aromatic heterocycles.